The van der Waals surface area contributed by atoms with Crippen molar-refractivity contribution in [1.29, 1.82) is 0 Å². The highest BCUT2D eigenvalue weighted by Gasteiger charge is 2.30. The van der Waals surface area contributed by atoms with Gasteiger partial charge in [0.25, 0.3) is 11.8 Å². The number of benzene rings is 3. The zero-order chi connectivity index (χ0) is 21.0. The number of hydrogen-bond acceptors (Lipinski definition) is 2. The number of aryl methyl sites for hydroxylation is 1. The van der Waals surface area contributed by atoms with Gasteiger partial charge in [0.15, 0.2) is 0 Å². The smallest absolute Gasteiger partial charge is 0.322 e. The molecule has 0 saturated carbocycles. The van der Waals surface area contributed by atoms with Crippen LogP contribution in [0.1, 0.15) is 31.8 Å². The molecule has 0 heterocycles. The summed E-state index contributed by atoms with van der Waals surface area (Å²) >= 11 is 0. The minimum atomic E-state index is -4.49. The molecule has 2 N–H and O–H groups in total. The first-order valence-electron chi connectivity index (χ1n) is 8.69. The van der Waals surface area contributed by atoms with Crippen LogP contribution in [0.2, 0.25) is 0 Å². The Bertz CT molecular complexity index is 1040. The Morgan fingerprint density at radius 1 is 0.724 bits per heavy atom. The molecule has 0 unspecified atom stereocenters. The van der Waals surface area contributed by atoms with Gasteiger partial charge in [0.2, 0.25) is 0 Å². The van der Waals surface area contributed by atoms with Crippen LogP contribution in [0.15, 0.2) is 72.8 Å². The summed E-state index contributed by atoms with van der Waals surface area (Å²) < 4.78 is 38.3. The number of carbonyl (C=O) groups is 2. The number of amides is 2. The molecule has 3 aromatic rings. The van der Waals surface area contributed by atoms with Gasteiger partial charge in [-0.2, -0.15) is 13.2 Å². The highest BCUT2D eigenvalue weighted by atomic mass is 19.4. The van der Waals surface area contributed by atoms with E-state index in [0.717, 1.165) is 17.7 Å². The molecular weight excluding hydrogens is 381 g/mol. The maximum absolute atomic E-state index is 12.8. The molecule has 2 amide bonds. The number of anilines is 2. The van der Waals surface area contributed by atoms with Gasteiger partial charge in [-0.25, -0.2) is 0 Å². The van der Waals surface area contributed by atoms with Gasteiger partial charge in [0.05, 0.1) is 5.56 Å². The number of hydrogen-bond donors (Lipinski definition) is 2. The van der Waals surface area contributed by atoms with Crippen LogP contribution in [-0.2, 0) is 6.18 Å². The Morgan fingerprint density at radius 2 is 1.34 bits per heavy atom. The van der Waals surface area contributed by atoms with Gasteiger partial charge in [-0.05, 0) is 61.5 Å². The summed E-state index contributed by atoms with van der Waals surface area (Å²) in [6.07, 6.45) is -4.49. The number of carbonyl (C=O) groups excluding carboxylic acids is 2. The Hall–Kier alpha value is -3.61. The summed E-state index contributed by atoms with van der Waals surface area (Å²) in [6.45, 7) is 1.88. The SMILES string of the molecule is Cc1cccc(C(=O)Nc2ccc(C(=O)Nc3cccc(C(F)(F)F)c3)cc2)c1. The molecule has 7 heteroatoms. The van der Waals surface area contributed by atoms with E-state index in [0.29, 0.717) is 11.3 Å². The fraction of sp³-hybridized carbons (Fsp3) is 0.0909. The topological polar surface area (TPSA) is 58.2 Å². The van der Waals surface area contributed by atoms with Crippen LogP contribution in [0.25, 0.3) is 0 Å². The molecule has 0 spiro atoms. The zero-order valence-electron chi connectivity index (χ0n) is 15.4. The first kappa shape index (κ1) is 20.1. The molecule has 0 aliphatic heterocycles. The normalized spacial score (nSPS) is 11.0. The summed E-state index contributed by atoms with van der Waals surface area (Å²) in [5, 5.41) is 5.17. The molecule has 0 bridgehead atoms. The molecule has 3 aromatic carbocycles. The van der Waals surface area contributed by atoms with Gasteiger partial charge < -0.3 is 10.6 Å². The van der Waals surface area contributed by atoms with E-state index in [-0.39, 0.29) is 17.2 Å². The molecule has 29 heavy (non-hydrogen) atoms. The van der Waals surface area contributed by atoms with Gasteiger partial charge in [0.1, 0.15) is 0 Å². The van der Waals surface area contributed by atoms with Crippen LogP contribution in [0.4, 0.5) is 24.5 Å². The molecule has 0 atom stereocenters. The van der Waals surface area contributed by atoms with Crippen molar-refractivity contribution in [2.75, 3.05) is 10.6 Å². The lowest BCUT2D eigenvalue weighted by Gasteiger charge is -2.10. The largest absolute Gasteiger partial charge is 0.416 e. The van der Waals surface area contributed by atoms with E-state index in [9.17, 15) is 22.8 Å². The van der Waals surface area contributed by atoms with Crippen molar-refractivity contribution < 1.29 is 22.8 Å². The van der Waals surface area contributed by atoms with Crippen molar-refractivity contribution in [2.24, 2.45) is 0 Å². The van der Waals surface area contributed by atoms with E-state index < -0.39 is 17.6 Å². The van der Waals surface area contributed by atoms with Gasteiger partial charge in [-0.1, -0.05) is 23.8 Å². The second-order valence-corrected chi connectivity index (χ2v) is 6.43. The van der Waals surface area contributed by atoms with Crippen molar-refractivity contribution >= 4 is 23.2 Å². The quantitative estimate of drug-likeness (QED) is 0.608. The van der Waals surface area contributed by atoms with E-state index in [2.05, 4.69) is 10.6 Å². The van der Waals surface area contributed by atoms with Gasteiger partial charge in [-0.3, -0.25) is 9.59 Å². The van der Waals surface area contributed by atoms with Crippen molar-refractivity contribution in [3.05, 3.63) is 95.1 Å². The molecule has 0 aromatic heterocycles. The first-order chi connectivity index (χ1) is 13.7. The molecular formula is C22H17F3N2O2. The molecule has 148 valence electrons. The number of alkyl halides is 3. The molecule has 0 saturated heterocycles. The predicted molar refractivity (Wildman–Crippen MR) is 105 cm³/mol. The summed E-state index contributed by atoms with van der Waals surface area (Å²) in [5.74, 6) is -0.837. The molecule has 0 radical (unpaired) electrons. The standard InChI is InChI=1S/C22H17F3N2O2/c1-14-4-2-5-16(12-14)21(29)26-18-10-8-15(9-11-18)20(28)27-19-7-3-6-17(13-19)22(23,24)25/h2-13H,1H3,(H,26,29)(H,27,28). The van der Waals surface area contributed by atoms with E-state index in [1.165, 1.54) is 24.3 Å². The Labute approximate surface area is 165 Å². The van der Waals surface area contributed by atoms with Gasteiger partial charge in [-0.15, -0.1) is 0 Å². The summed E-state index contributed by atoms with van der Waals surface area (Å²) in [7, 11) is 0. The number of halogens is 3. The van der Waals surface area contributed by atoms with Crippen LogP contribution in [0, 0.1) is 6.92 Å². The third-order valence-corrected chi connectivity index (χ3v) is 4.13. The zero-order valence-corrected chi connectivity index (χ0v) is 15.4. The molecule has 4 nitrogen and oxygen atoms in total. The minimum absolute atomic E-state index is 0.0432. The molecule has 0 aliphatic rings. The maximum Gasteiger partial charge on any atom is 0.416 e. The van der Waals surface area contributed by atoms with Gasteiger partial charge in [0, 0.05) is 22.5 Å². The summed E-state index contributed by atoms with van der Waals surface area (Å²) in [5.41, 5.74) is 1.41. The van der Waals surface area contributed by atoms with Crippen molar-refractivity contribution in [3.63, 3.8) is 0 Å². The van der Waals surface area contributed by atoms with Crippen molar-refractivity contribution in [1.82, 2.24) is 0 Å². The van der Waals surface area contributed by atoms with E-state index in [4.69, 9.17) is 0 Å². The van der Waals surface area contributed by atoms with Crippen LogP contribution in [0.3, 0.4) is 0 Å². The average molecular weight is 398 g/mol. The fourth-order valence-corrected chi connectivity index (χ4v) is 2.67. The van der Waals surface area contributed by atoms with Crippen LogP contribution < -0.4 is 10.6 Å². The Morgan fingerprint density at radius 3 is 2.00 bits per heavy atom. The van der Waals surface area contributed by atoms with Crippen LogP contribution in [0.5, 0.6) is 0 Å². The molecule has 0 fully saturated rings. The highest BCUT2D eigenvalue weighted by Crippen LogP contribution is 2.30. The third kappa shape index (κ3) is 5.22. The molecule has 0 aliphatic carbocycles. The minimum Gasteiger partial charge on any atom is -0.322 e. The monoisotopic (exact) mass is 398 g/mol. The van der Waals surface area contributed by atoms with Crippen molar-refractivity contribution in [2.45, 2.75) is 13.1 Å². The van der Waals surface area contributed by atoms with Crippen LogP contribution in [-0.4, -0.2) is 11.8 Å². The lowest BCUT2D eigenvalue weighted by atomic mass is 10.1. The maximum atomic E-state index is 12.8. The Kier molecular flexibility index (Phi) is 5.68. The lowest BCUT2D eigenvalue weighted by Crippen LogP contribution is -2.14. The molecule has 3 rings (SSSR count). The van der Waals surface area contributed by atoms with E-state index >= 15 is 0 Å². The number of nitrogens with one attached hydrogen (secondary N) is 2. The first-order valence-corrected chi connectivity index (χ1v) is 8.69. The van der Waals surface area contributed by atoms with E-state index in [1.54, 1.807) is 30.3 Å². The van der Waals surface area contributed by atoms with E-state index in [1.807, 2.05) is 13.0 Å². The average Bonchev–Trinajstić information content (AvgIpc) is 2.68. The van der Waals surface area contributed by atoms with Gasteiger partial charge >= 0.3 is 6.18 Å². The number of rotatable bonds is 4. The van der Waals surface area contributed by atoms with Crippen LogP contribution >= 0.6 is 0 Å². The fourth-order valence-electron chi connectivity index (χ4n) is 2.67. The predicted octanol–water partition coefficient (Wildman–Crippen LogP) is 5.52. The summed E-state index contributed by atoms with van der Waals surface area (Å²) in [6, 6.07) is 17.6. The second kappa shape index (κ2) is 8.18. The highest BCUT2D eigenvalue weighted by molar-refractivity contribution is 6.06. The second-order valence-electron chi connectivity index (χ2n) is 6.43. The summed E-state index contributed by atoms with van der Waals surface area (Å²) in [4.78, 5) is 24.5. The third-order valence-electron chi connectivity index (χ3n) is 4.13. The lowest BCUT2D eigenvalue weighted by molar-refractivity contribution is -0.137. The Balaban J connectivity index is 1.67. The van der Waals surface area contributed by atoms with Crippen molar-refractivity contribution in [3.8, 4) is 0 Å².